The molecule has 3 heteroatoms. The summed E-state index contributed by atoms with van der Waals surface area (Å²) < 4.78 is 224. The van der Waals surface area contributed by atoms with Gasteiger partial charge in [-0.3, -0.25) is 0 Å². The van der Waals surface area contributed by atoms with Crippen molar-refractivity contribution in [2.24, 2.45) is 0 Å². The Labute approximate surface area is 399 Å². The Morgan fingerprint density at radius 2 is 0.857 bits per heavy atom. The van der Waals surface area contributed by atoms with Crippen molar-refractivity contribution in [2.75, 3.05) is 4.90 Å². The van der Waals surface area contributed by atoms with E-state index >= 15 is 0 Å². The van der Waals surface area contributed by atoms with Gasteiger partial charge in [-0.15, -0.1) is 0 Å². The second-order valence-corrected chi connectivity index (χ2v) is 14.3. The molecule has 12 aromatic rings. The Morgan fingerprint density at radius 3 is 1.44 bits per heavy atom. The number of hydrogen-bond donors (Lipinski definition) is 0. The molecule has 63 heavy (non-hydrogen) atoms. The zero-order valence-corrected chi connectivity index (χ0v) is 32.5. The largest absolute Gasteiger partial charge is 0.455 e. The van der Waals surface area contributed by atoms with Crippen molar-refractivity contribution in [3.63, 3.8) is 0 Å². The molecule has 0 saturated carbocycles. The van der Waals surface area contributed by atoms with Crippen molar-refractivity contribution in [1.82, 2.24) is 4.57 Å². The predicted octanol–water partition coefficient (Wildman–Crippen LogP) is 16.8. The van der Waals surface area contributed by atoms with Gasteiger partial charge >= 0.3 is 0 Å². The first kappa shape index (κ1) is 19.5. The van der Waals surface area contributed by atoms with E-state index in [1.54, 1.807) is 12.1 Å². The van der Waals surface area contributed by atoms with E-state index in [1.807, 2.05) is 72.8 Å². The summed E-state index contributed by atoms with van der Waals surface area (Å²) in [6, 6.07) is 9.12. The van der Waals surface area contributed by atoms with Gasteiger partial charge in [0.2, 0.25) is 0 Å². The van der Waals surface area contributed by atoms with Crippen LogP contribution in [0.25, 0.3) is 93.9 Å². The fourth-order valence-electron chi connectivity index (χ4n) is 7.83. The number of nitrogens with zero attached hydrogens (tertiary/aromatic N) is 2. The van der Waals surface area contributed by atoms with Crippen molar-refractivity contribution >= 4 is 60.8 Å². The minimum atomic E-state index is -0.966. The number of furan rings is 1. The highest BCUT2D eigenvalue weighted by Gasteiger charge is 2.18. The average Bonchev–Trinajstić information content (AvgIpc) is 1.70. The zero-order chi connectivity index (χ0) is 62.6. The predicted molar refractivity (Wildman–Crippen MR) is 264 cm³/mol. The number of aromatic nitrogens is 1. The first-order valence-corrected chi connectivity index (χ1v) is 19.5. The molecule has 0 unspecified atom stereocenters. The molecule has 0 aliphatic rings. The van der Waals surface area contributed by atoms with Crippen LogP contribution in [0.4, 0.5) is 17.1 Å². The maximum Gasteiger partial charge on any atom is 0.143 e. The van der Waals surface area contributed by atoms with Crippen molar-refractivity contribution < 1.29 is 37.3 Å². The van der Waals surface area contributed by atoms with Gasteiger partial charge in [-0.1, -0.05) is 182 Å². The van der Waals surface area contributed by atoms with E-state index in [2.05, 4.69) is 4.57 Å². The molecule has 0 atom stereocenters. The molecule has 0 aliphatic heterocycles. The highest BCUT2D eigenvalue weighted by molar-refractivity contribution is 6.13. The third-order valence-corrected chi connectivity index (χ3v) is 10.7. The SMILES string of the molecule is [2H]c1c([2H])c([2H])c(-c2c([2H])c([2H])c(N(c3ccc(-c4cccc(-n5c6ccccc6c6ccccc65)c4)cc3)c3c([2H])c([2H])c(-c4c([2H])c([2H])c([2H])c5c4oc4c(-c6c([2H])c([2H])c([2H])c([2H])c6[2H])c([2H])c([2H])c([2H])c45)c([2H])c3[2H])c([2H])c2[2H])c([2H])c1[2H]. The summed E-state index contributed by atoms with van der Waals surface area (Å²) in [5.41, 5.74) is -2.58. The quantitative estimate of drug-likeness (QED) is 0.152. The van der Waals surface area contributed by atoms with Gasteiger partial charge in [0.15, 0.2) is 0 Å². The van der Waals surface area contributed by atoms with E-state index in [4.69, 9.17) is 25.0 Å². The lowest BCUT2D eigenvalue weighted by Crippen LogP contribution is -2.09. The highest BCUT2D eigenvalue weighted by atomic mass is 16.3. The van der Waals surface area contributed by atoms with Crippen molar-refractivity contribution in [1.29, 1.82) is 0 Å². The van der Waals surface area contributed by atoms with E-state index in [1.165, 1.54) is 12.1 Å². The summed E-state index contributed by atoms with van der Waals surface area (Å²) in [6.45, 7) is 0. The van der Waals surface area contributed by atoms with Gasteiger partial charge in [-0.05, 0) is 93.9 Å². The number of hydrogen-bond acceptors (Lipinski definition) is 2. The molecular weight excluding hydrogens is 765 g/mol. The van der Waals surface area contributed by atoms with E-state index in [0.717, 1.165) is 32.4 Å². The topological polar surface area (TPSA) is 21.3 Å². The summed E-state index contributed by atoms with van der Waals surface area (Å²) in [5, 5.41) is 1.12. The van der Waals surface area contributed by atoms with Crippen LogP contribution in [-0.2, 0) is 0 Å². The second-order valence-electron chi connectivity index (χ2n) is 14.3. The molecule has 0 radical (unpaired) electrons. The van der Waals surface area contributed by atoms with Gasteiger partial charge in [0.25, 0.3) is 0 Å². The second kappa shape index (κ2) is 15.3. The van der Waals surface area contributed by atoms with Gasteiger partial charge in [-0.25, -0.2) is 0 Å². The van der Waals surface area contributed by atoms with Gasteiger partial charge in [-0.2, -0.15) is 0 Å². The Balaban J connectivity index is 1.10. The van der Waals surface area contributed by atoms with Crippen LogP contribution in [0.3, 0.4) is 0 Å². The first-order chi connectivity index (χ1) is 41.2. The molecule has 0 saturated heterocycles. The van der Waals surface area contributed by atoms with E-state index in [9.17, 15) is 12.3 Å². The van der Waals surface area contributed by atoms with Gasteiger partial charge in [0.1, 0.15) is 11.2 Å². The molecule has 12 rings (SSSR count). The maximum absolute atomic E-state index is 9.80. The number of rotatable bonds is 8. The number of anilines is 3. The molecular formula is C60H40N2O. The van der Waals surface area contributed by atoms with Crippen LogP contribution in [0.15, 0.2) is 246 Å². The highest BCUT2D eigenvalue weighted by Crippen LogP contribution is 2.42. The van der Waals surface area contributed by atoms with Crippen LogP contribution >= 0.6 is 0 Å². The van der Waals surface area contributed by atoms with E-state index < -0.39 is 212 Å². The van der Waals surface area contributed by atoms with Crippen LogP contribution in [0.5, 0.6) is 0 Å². The molecule has 0 bridgehead atoms. The van der Waals surface area contributed by atoms with Gasteiger partial charge in [0, 0.05) is 55.4 Å². The summed E-state index contributed by atoms with van der Waals surface area (Å²) in [4.78, 5) is 0.945. The fourth-order valence-corrected chi connectivity index (χ4v) is 7.83. The Kier molecular flexibility index (Phi) is 4.73. The van der Waals surface area contributed by atoms with Crippen molar-refractivity contribution in [3.8, 4) is 50.2 Å². The van der Waals surface area contributed by atoms with Crippen LogP contribution < -0.4 is 4.90 Å². The minimum Gasteiger partial charge on any atom is -0.455 e. The Hall–Kier alpha value is -8.40. The molecule has 0 spiro atoms. The number of fused-ring (bicyclic) bond motifs is 6. The molecule has 296 valence electrons. The molecule has 2 heterocycles. The molecule has 0 aliphatic carbocycles. The maximum atomic E-state index is 9.80. The first-order valence-electron chi connectivity index (χ1n) is 31.5. The lowest BCUT2D eigenvalue weighted by Gasteiger charge is -2.26. The summed E-state index contributed by atoms with van der Waals surface area (Å²) in [5.74, 6) is 0. The monoisotopic (exact) mass is 828 g/mol. The van der Waals surface area contributed by atoms with Crippen LogP contribution in [0.2, 0.25) is 0 Å². The van der Waals surface area contributed by atoms with E-state index in [-0.39, 0.29) is 5.69 Å². The van der Waals surface area contributed by atoms with Crippen LogP contribution in [0, 0.1) is 0 Å². The molecule has 0 N–H and O–H groups in total. The molecule has 10 aromatic carbocycles. The summed E-state index contributed by atoms with van der Waals surface area (Å²) >= 11 is 0. The normalized spacial score (nSPS) is 16.8. The zero-order valence-electron chi connectivity index (χ0n) is 56.5. The molecule has 0 fully saturated rings. The van der Waals surface area contributed by atoms with Crippen molar-refractivity contribution in [3.05, 3.63) is 242 Å². The smallest absolute Gasteiger partial charge is 0.143 e. The van der Waals surface area contributed by atoms with Crippen LogP contribution in [-0.4, -0.2) is 4.57 Å². The minimum absolute atomic E-state index is 0.0596. The third-order valence-electron chi connectivity index (χ3n) is 10.7. The Morgan fingerprint density at radius 1 is 0.349 bits per heavy atom. The van der Waals surface area contributed by atoms with Gasteiger partial charge < -0.3 is 13.9 Å². The lowest BCUT2D eigenvalue weighted by atomic mass is 10.00. The van der Waals surface area contributed by atoms with Crippen molar-refractivity contribution in [2.45, 2.75) is 0 Å². The molecule has 3 nitrogen and oxygen atoms in total. The van der Waals surface area contributed by atoms with E-state index in [0.29, 0.717) is 11.1 Å². The third kappa shape index (κ3) is 6.38. The Bertz CT molecular complexity index is 4890. The summed E-state index contributed by atoms with van der Waals surface area (Å²) in [6.07, 6.45) is 0. The van der Waals surface area contributed by atoms with Crippen LogP contribution in [0.1, 0.15) is 32.9 Å². The molecule has 2 aromatic heterocycles. The number of para-hydroxylation sites is 4. The number of benzene rings is 10. The van der Waals surface area contributed by atoms with Gasteiger partial charge in [0.05, 0.1) is 43.9 Å². The lowest BCUT2D eigenvalue weighted by molar-refractivity contribution is 0.671. The standard InChI is InChI=1S/C60H40N2O/c1-3-14-41(15-4-1)42-28-34-47(35-29-42)61(48-36-30-43(31-37-48)46-18-11-19-50(40-46)62-57-26-9-7-20-53(57)54-21-8-10-27-58(54)62)49-38-32-45(33-39-49)52-23-13-25-56-55-24-12-22-51(59(55)63-60(52)56)44-16-5-2-6-17-44/h1-40H/i1D,2D,3D,4D,5D,6D,12D,13D,14D,15D,16D,17D,22D,23D,24D,25D,28D,29D,32D,33D,34D,35D,38D,39D. The average molecular weight is 829 g/mol. The summed E-state index contributed by atoms with van der Waals surface area (Å²) in [7, 11) is 0. The molecule has 0 amide bonds. The fraction of sp³-hybridized carbons (Fsp3) is 0.